The van der Waals surface area contributed by atoms with Crippen LogP contribution in [0.5, 0.6) is 11.9 Å². The number of rotatable bonds is 13. The molecular formula is C22H29N3O5. The van der Waals surface area contributed by atoms with E-state index in [1.165, 1.54) is 27.4 Å². The van der Waals surface area contributed by atoms with E-state index in [1.807, 2.05) is 30.3 Å². The van der Waals surface area contributed by atoms with Crippen molar-refractivity contribution in [3.8, 4) is 11.9 Å². The van der Waals surface area contributed by atoms with Gasteiger partial charge in [-0.2, -0.15) is 9.97 Å². The molecule has 0 spiro atoms. The number of nitrogens with one attached hydrogen (secondary N) is 1. The molecule has 0 saturated heterocycles. The molecule has 8 nitrogen and oxygen atoms in total. The first kappa shape index (κ1) is 23.3. The van der Waals surface area contributed by atoms with Crippen LogP contribution >= 0.6 is 0 Å². The Morgan fingerprint density at radius 1 is 1.03 bits per heavy atom. The molecule has 1 aromatic heterocycles. The third-order valence-corrected chi connectivity index (χ3v) is 4.63. The molecule has 1 heterocycles. The fraction of sp³-hybridized carbons (Fsp3) is 0.455. The molecule has 30 heavy (non-hydrogen) atoms. The standard InChI is InChI=1S/C22H29N3O5/c1-28-19-15-18(24-22(25-19)30-3)21(27)17(13-12-16-9-5-4-6-10-16)23-14-8-7-11-20(26)29-2/h4-6,9-10,15,17,23H,7-8,11-14H2,1-3H3. The largest absolute Gasteiger partial charge is 0.481 e. The number of hydrogen-bond acceptors (Lipinski definition) is 8. The lowest BCUT2D eigenvalue weighted by Gasteiger charge is -2.18. The molecule has 0 saturated carbocycles. The molecule has 1 N–H and O–H groups in total. The summed E-state index contributed by atoms with van der Waals surface area (Å²) < 4.78 is 14.9. The van der Waals surface area contributed by atoms with Gasteiger partial charge in [-0.3, -0.25) is 9.59 Å². The summed E-state index contributed by atoms with van der Waals surface area (Å²) in [6, 6.07) is 11.2. The van der Waals surface area contributed by atoms with Gasteiger partial charge in [0, 0.05) is 12.5 Å². The van der Waals surface area contributed by atoms with E-state index in [0.29, 0.717) is 25.8 Å². The van der Waals surface area contributed by atoms with Crippen LogP contribution in [0.2, 0.25) is 0 Å². The zero-order chi connectivity index (χ0) is 21.8. The van der Waals surface area contributed by atoms with Gasteiger partial charge in [0.05, 0.1) is 27.4 Å². The minimum atomic E-state index is -0.437. The number of Topliss-reactive ketones (excluding diaryl/α,β-unsaturated/α-hetero) is 1. The lowest BCUT2D eigenvalue weighted by molar-refractivity contribution is -0.140. The summed E-state index contributed by atoms with van der Waals surface area (Å²) in [7, 11) is 4.29. The molecule has 0 aliphatic carbocycles. The number of carbonyl (C=O) groups is 2. The molecule has 0 fully saturated rings. The third kappa shape index (κ3) is 7.44. The Hall–Kier alpha value is -3.00. The van der Waals surface area contributed by atoms with Crippen LogP contribution in [0.3, 0.4) is 0 Å². The highest BCUT2D eigenvalue weighted by molar-refractivity contribution is 5.98. The van der Waals surface area contributed by atoms with Crippen LogP contribution in [0.15, 0.2) is 36.4 Å². The first-order valence-electron chi connectivity index (χ1n) is 9.92. The molecule has 0 aliphatic rings. The Labute approximate surface area is 177 Å². The van der Waals surface area contributed by atoms with Gasteiger partial charge in [0.15, 0.2) is 5.78 Å². The quantitative estimate of drug-likeness (QED) is 0.303. The topological polar surface area (TPSA) is 99.6 Å². The van der Waals surface area contributed by atoms with Crippen LogP contribution in [0.1, 0.15) is 41.7 Å². The van der Waals surface area contributed by atoms with Gasteiger partial charge < -0.3 is 19.5 Å². The number of aryl methyl sites for hydroxylation is 1. The van der Waals surface area contributed by atoms with E-state index in [1.54, 1.807) is 0 Å². The summed E-state index contributed by atoms with van der Waals surface area (Å²) in [6.07, 6.45) is 3.15. The number of ether oxygens (including phenoxy) is 3. The SMILES string of the molecule is COC(=O)CCCCNC(CCc1ccccc1)C(=O)c1cc(OC)nc(OC)n1. The second-order valence-corrected chi connectivity index (χ2v) is 6.71. The number of hydrogen-bond donors (Lipinski definition) is 1. The predicted octanol–water partition coefficient (Wildman–Crippen LogP) is 2.61. The lowest BCUT2D eigenvalue weighted by Crippen LogP contribution is -2.38. The molecule has 0 aliphatic heterocycles. The van der Waals surface area contributed by atoms with Crippen molar-refractivity contribution in [1.29, 1.82) is 0 Å². The number of ketones is 1. The summed E-state index contributed by atoms with van der Waals surface area (Å²) in [5.41, 5.74) is 1.39. The number of benzene rings is 1. The van der Waals surface area contributed by atoms with Gasteiger partial charge in [-0.25, -0.2) is 0 Å². The van der Waals surface area contributed by atoms with Crippen molar-refractivity contribution in [2.24, 2.45) is 0 Å². The minimum absolute atomic E-state index is 0.0811. The van der Waals surface area contributed by atoms with Gasteiger partial charge in [-0.1, -0.05) is 30.3 Å². The smallest absolute Gasteiger partial charge is 0.320 e. The summed E-state index contributed by atoms with van der Waals surface area (Å²) in [6.45, 7) is 0.599. The molecule has 8 heteroatoms. The van der Waals surface area contributed by atoms with Gasteiger partial charge in [0.2, 0.25) is 5.88 Å². The molecule has 162 valence electrons. The van der Waals surface area contributed by atoms with Crippen molar-refractivity contribution in [2.75, 3.05) is 27.9 Å². The van der Waals surface area contributed by atoms with E-state index in [4.69, 9.17) is 9.47 Å². The van der Waals surface area contributed by atoms with Gasteiger partial charge in [-0.15, -0.1) is 0 Å². The summed E-state index contributed by atoms with van der Waals surface area (Å²) in [5.74, 6) is -0.116. The zero-order valence-corrected chi connectivity index (χ0v) is 17.7. The number of nitrogens with zero attached hydrogens (tertiary/aromatic N) is 2. The Morgan fingerprint density at radius 2 is 1.80 bits per heavy atom. The Bertz CT molecular complexity index is 791. The van der Waals surface area contributed by atoms with Crippen LogP contribution in [-0.4, -0.2) is 55.6 Å². The van der Waals surface area contributed by atoms with Crippen molar-refractivity contribution in [3.63, 3.8) is 0 Å². The maximum absolute atomic E-state index is 13.2. The van der Waals surface area contributed by atoms with E-state index < -0.39 is 6.04 Å². The second-order valence-electron chi connectivity index (χ2n) is 6.71. The van der Waals surface area contributed by atoms with E-state index >= 15 is 0 Å². The molecule has 0 radical (unpaired) electrons. The van der Waals surface area contributed by atoms with Crippen molar-refractivity contribution < 1.29 is 23.8 Å². The van der Waals surface area contributed by atoms with Crippen LogP contribution < -0.4 is 14.8 Å². The number of carbonyl (C=O) groups excluding carboxylic acids is 2. The normalized spacial score (nSPS) is 11.6. The van der Waals surface area contributed by atoms with Gasteiger partial charge in [0.1, 0.15) is 5.69 Å². The first-order chi connectivity index (χ1) is 14.6. The average molecular weight is 415 g/mol. The minimum Gasteiger partial charge on any atom is -0.481 e. The summed E-state index contributed by atoms with van der Waals surface area (Å²) in [4.78, 5) is 32.7. The molecule has 1 aromatic carbocycles. The van der Waals surface area contributed by atoms with Gasteiger partial charge >= 0.3 is 12.0 Å². The third-order valence-electron chi connectivity index (χ3n) is 4.63. The van der Waals surface area contributed by atoms with Crippen molar-refractivity contribution in [2.45, 2.75) is 38.1 Å². The van der Waals surface area contributed by atoms with Crippen molar-refractivity contribution >= 4 is 11.8 Å². The van der Waals surface area contributed by atoms with Crippen LogP contribution in [0.25, 0.3) is 0 Å². The Balaban J connectivity index is 2.07. The van der Waals surface area contributed by atoms with Gasteiger partial charge in [-0.05, 0) is 37.8 Å². The molecule has 2 aromatic rings. The second kappa shape index (κ2) is 12.5. The van der Waals surface area contributed by atoms with Crippen molar-refractivity contribution in [3.05, 3.63) is 47.7 Å². The first-order valence-corrected chi connectivity index (χ1v) is 9.92. The fourth-order valence-corrected chi connectivity index (χ4v) is 2.96. The molecule has 0 bridgehead atoms. The Kier molecular flexibility index (Phi) is 9.73. The van der Waals surface area contributed by atoms with E-state index in [9.17, 15) is 9.59 Å². The maximum Gasteiger partial charge on any atom is 0.320 e. The number of aromatic nitrogens is 2. The highest BCUT2D eigenvalue weighted by Crippen LogP contribution is 2.17. The molecule has 1 atom stereocenters. The molecular weight excluding hydrogens is 386 g/mol. The molecule has 2 rings (SSSR count). The van der Waals surface area contributed by atoms with E-state index in [-0.39, 0.29) is 29.3 Å². The van der Waals surface area contributed by atoms with E-state index in [0.717, 1.165) is 18.4 Å². The Morgan fingerprint density at radius 3 is 2.47 bits per heavy atom. The fourth-order valence-electron chi connectivity index (χ4n) is 2.96. The number of methoxy groups -OCH3 is 3. The monoisotopic (exact) mass is 415 g/mol. The van der Waals surface area contributed by atoms with Gasteiger partial charge in [0.25, 0.3) is 0 Å². The zero-order valence-electron chi connectivity index (χ0n) is 17.7. The number of esters is 1. The summed E-state index contributed by atoms with van der Waals surface area (Å²) in [5, 5.41) is 3.31. The van der Waals surface area contributed by atoms with Crippen molar-refractivity contribution in [1.82, 2.24) is 15.3 Å². The van der Waals surface area contributed by atoms with Crippen LogP contribution in [0, 0.1) is 0 Å². The number of unbranched alkanes of at least 4 members (excludes halogenated alkanes) is 1. The van der Waals surface area contributed by atoms with Crippen LogP contribution in [-0.2, 0) is 16.0 Å². The predicted molar refractivity (Wildman–Crippen MR) is 112 cm³/mol. The lowest BCUT2D eigenvalue weighted by atomic mass is 10.00. The maximum atomic E-state index is 13.2. The molecule has 0 amide bonds. The van der Waals surface area contributed by atoms with E-state index in [2.05, 4.69) is 20.0 Å². The average Bonchev–Trinajstić information content (AvgIpc) is 2.80. The molecule has 1 unspecified atom stereocenters. The highest BCUT2D eigenvalue weighted by Gasteiger charge is 2.23. The summed E-state index contributed by atoms with van der Waals surface area (Å²) >= 11 is 0. The highest BCUT2D eigenvalue weighted by atomic mass is 16.5. The van der Waals surface area contributed by atoms with Crippen LogP contribution in [0.4, 0.5) is 0 Å².